The smallest absolute Gasteiger partial charge is 0.0716 e. The maximum absolute atomic E-state index is 6.09. The summed E-state index contributed by atoms with van der Waals surface area (Å²) in [4.78, 5) is 0. The molecule has 37 heavy (non-hydrogen) atoms. The van der Waals surface area contributed by atoms with Gasteiger partial charge in [0.2, 0.25) is 0 Å². The Balaban J connectivity index is 3.02. The molecule has 0 aliphatic carbocycles. The predicted molar refractivity (Wildman–Crippen MR) is 166 cm³/mol. The molecule has 0 fully saturated rings. The lowest BCUT2D eigenvalue weighted by molar-refractivity contribution is -0.102. The zero-order valence-corrected chi connectivity index (χ0v) is 27.7. The highest BCUT2D eigenvalue weighted by Crippen LogP contribution is 2.63. The molecule has 0 aliphatic rings. The van der Waals surface area contributed by atoms with Gasteiger partial charge in [-0.05, 0) is 89.6 Å². The third-order valence-electron chi connectivity index (χ3n) is 10.4. The number of hydrogen-bond donors (Lipinski definition) is 0. The van der Waals surface area contributed by atoms with Crippen LogP contribution in [-0.2, 0) is 11.3 Å². The first-order chi connectivity index (χ1) is 16.6. The molecule has 1 nitrogen and oxygen atoms in total. The fraction of sp³-hybridized carbons (Fsp3) is 0.778. The fourth-order valence-corrected chi connectivity index (χ4v) is 5.70. The number of allylic oxidation sites excluding steroid dienone is 2. The van der Waals surface area contributed by atoms with Crippen molar-refractivity contribution in [2.24, 2.45) is 33.0 Å². The molecule has 0 aromatic heterocycles. The van der Waals surface area contributed by atoms with Crippen LogP contribution in [0.3, 0.4) is 0 Å². The Morgan fingerprint density at radius 1 is 0.784 bits per heavy atom. The van der Waals surface area contributed by atoms with E-state index in [0.29, 0.717) is 18.4 Å². The van der Waals surface area contributed by atoms with Gasteiger partial charge >= 0.3 is 0 Å². The number of ether oxygens (including phenoxy) is 1. The van der Waals surface area contributed by atoms with Crippen LogP contribution in [0.5, 0.6) is 0 Å². The van der Waals surface area contributed by atoms with Crippen LogP contribution < -0.4 is 0 Å². The highest BCUT2D eigenvalue weighted by atomic mass is 16.5. The van der Waals surface area contributed by atoms with Gasteiger partial charge < -0.3 is 4.74 Å². The van der Waals surface area contributed by atoms with E-state index < -0.39 is 0 Å². The quantitative estimate of drug-likeness (QED) is 0.188. The van der Waals surface area contributed by atoms with Crippen LogP contribution in [0.4, 0.5) is 0 Å². The first kappa shape index (κ1) is 33.9. The predicted octanol–water partition coefficient (Wildman–Crippen LogP) is 11.6. The lowest BCUT2D eigenvalue weighted by Gasteiger charge is -2.60. The molecular formula is C36H64O. The topological polar surface area (TPSA) is 9.23 Å². The van der Waals surface area contributed by atoms with Gasteiger partial charge in [0.05, 0.1) is 6.61 Å². The summed E-state index contributed by atoms with van der Waals surface area (Å²) in [6, 6.07) is 9.39. The standard InChI is InChI=1S/C36H64O/c1-27(2)17-16-18-28(3)23-24-37-26-29-19-21-30(22-20-29)31(25-32(4,5)6)34(10,11)36(14,15)35(12,13)33(7,8)9/h17,19-22,28,31H,16,18,23-26H2,1-15H3. The molecule has 0 saturated carbocycles. The van der Waals surface area contributed by atoms with Crippen LogP contribution in [0.2, 0.25) is 0 Å². The second-order valence-electron chi connectivity index (χ2n) is 16.1. The Bertz CT molecular complexity index is 832. The Morgan fingerprint density at radius 2 is 1.32 bits per heavy atom. The summed E-state index contributed by atoms with van der Waals surface area (Å²) in [5.74, 6) is 1.18. The molecule has 0 spiro atoms. The summed E-state index contributed by atoms with van der Waals surface area (Å²) < 4.78 is 6.09. The van der Waals surface area contributed by atoms with Crippen molar-refractivity contribution in [2.75, 3.05) is 6.61 Å². The minimum atomic E-state index is 0.108. The van der Waals surface area contributed by atoms with E-state index in [0.717, 1.165) is 13.0 Å². The lowest BCUT2D eigenvalue weighted by Crippen LogP contribution is -2.53. The number of hydrogen-bond acceptors (Lipinski definition) is 1. The molecule has 0 bridgehead atoms. The second kappa shape index (κ2) is 12.8. The Kier molecular flexibility index (Phi) is 11.8. The van der Waals surface area contributed by atoms with Crippen molar-refractivity contribution in [1.82, 2.24) is 0 Å². The molecule has 2 unspecified atom stereocenters. The van der Waals surface area contributed by atoms with Crippen molar-refractivity contribution < 1.29 is 4.74 Å². The van der Waals surface area contributed by atoms with Crippen LogP contribution >= 0.6 is 0 Å². The SMILES string of the molecule is CC(C)=CCCC(C)CCOCc1ccc(C(CC(C)(C)C)C(C)(C)C(C)(C)C(C)(C)C(C)(C)C)cc1. The van der Waals surface area contributed by atoms with Crippen LogP contribution in [0, 0.1) is 33.0 Å². The molecule has 0 amide bonds. The monoisotopic (exact) mass is 512 g/mol. The first-order valence-electron chi connectivity index (χ1n) is 14.9. The average molecular weight is 513 g/mol. The maximum atomic E-state index is 6.09. The molecule has 0 saturated heterocycles. The van der Waals surface area contributed by atoms with E-state index in [1.165, 1.54) is 36.0 Å². The van der Waals surface area contributed by atoms with Gasteiger partial charge in [0.25, 0.3) is 0 Å². The number of benzene rings is 1. The van der Waals surface area contributed by atoms with E-state index in [9.17, 15) is 0 Å². The first-order valence-corrected chi connectivity index (χ1v) is 14.9. The van der Waals surface area contributed by atoms with E-state index in [1.807, 2.05) is 0 Å². The molecule has 0 N–H and O–H groups in total. The molecule has 1 aromatic carbocycles. The van der Waals surface area contributed by atoms with Gasteiger partial charge in [0.1, 0.15) is 0 Å². The van der Waals surface area contributed by atoms with Gasteiger partial charge in [-0.3, -0.25) is 0 Å². The normalized spacial score (nSPS) is 15.4. The largest absolute Gasteiger partial charge is 0.377 e. The minimum absolute atomic E-state index is 0.108. The molecular weight excluding hydrogens is 448 g/mol. The van der Waals surface area contributed by atoms with Crippen molar-refractivity contribution in [1.29, 1.82) is 0 Å². The summed E-state index contributed by atoms with van der Waals surface area (Å²) >= 11 is 0. The Hall–Kier alpha value is -1.08. The van der Waals surface area contributed by atoms with E-state index >= 15 is 0 Å². The van der Waals surface area contributed by atoms with Crippen LogP contribution in [-0.4, -0.2) is 6.61 Å². The van der Waals surface area contributed by atoms with Gasteiger partial charge in [-0.1, -0.05) is 126 Å². The van der Waals surface area contributed by atoms with Crippen molar-refractivity contribution >= 4 is 0 Å². The molecule has 1 rings (SSSR count). The number of rotatable bonds is 13. The van der Waals surface area contributed by atoms with Crippen LogP contribution in [0.15, 0.2) is 35.9 Å². The highest BCUT2D eigenvalue weighted by Gasteiger charge is 2.55. The van der Waals surface area contributed by atoms with Crippen LogP contribution in [0.25, 0.3) is 0 Å². The molecule has 214 valence electrons. The molecule has 0 aliphatic heterocycles. The summed E-state index contributed by atoms with van der Waals surface area (Å²) in [5, 5.41) is 0. The third-order valence-corrected chi connectivity index (χ3v) is 10.4. The summed E-state index contributed by atoms with van der Waals surface area (Å²) in [6.07, 6.45) is 7.08. The average Bonchev–Trinajstić information content (AvgIpc) is 2.73. The summed E-state index contributed by atoms with van der Waals surface area (Å²) in [7, 11) is 0. The molecule has 2 atom stereocenters. The molecule has 1 heteroatoms. The summed E-state index contributed by atoms with van der Waals surface area (Å²) in [5.41, 5.74) is 5.03. The van der Waals surface area contributed by atoms with Crippen LogP contribution in [0.1, 0.15) is 147 Å². The van der Waals surface area contributed by atoms with E-state index in [1.54, 1.807) is 0 Å². The van der Waals surface area contributed by atoms with Crippen molar-refractivity contribution in [3.63, 3.8) is 0 Å². The maximum Gasteiger partial charge on any atom is 0.0716 e. The Morgan fingerprint density at radius 3 is 1.78 bits per heavy atom. The molecule has 1 aromatic rings. The van der Waals surface area contributed by atoms with Gasteiger partial charge in [-0.25, -0.2) is 0 Å². The Labute approximate surface area is 233 Å². The van der Waals surface area contributed by atoms with Crippen molar-refractivity contribution in [2.45, 2.75) is 142 Å². The van der Waals surface area contributed by atoms with Gasteiger partial charge in [-0.2, -0.15) is 0 Å². The summed E-state index contributed by atoms with van der Waals surface area (Å²) in [6.45, 7) is 37.7. The zero-order valence-electron chi connectivity index (χ0n) is 27.7. The van der Waals surface area contributed by atoms with E-state index in [4.69, 9.17) is 4.74 Å². The third kappa shape index (κ3) is 9.26. The van der Waals surface area contributed by atoms with E-state index in [-0.39, 0.29) is 27.1 Å². The molecule has 0 radical (unpaired) electrons. The fourth-order valence-electron chi connectivity index (χ4n) is 5.70. The lowest BCUT2D eigenvalue weighted by atomic mass is 9.44. The minimum Gasteiger partial charge on any atom is -0.377 e. The van der Waals surface area contributed by atoms with Gasteiger partial charge in [-0.15, -0.1) is 0 Å². The van der Waals surface area contributed by atoms with E-state index in [2.05, 4.69) is 134 Å². The van der Waals surface area contributed by atoms with Crippen molar-refractivity contribution in [3.05, 3.63) is 47.0 Å². The van der Waals surface area contributed by atoms with Gasteiger partial charge in [0, 0.05) is 6.61 Å². The highest BCUT2D eigenvalue weighted by molar-refractivity contribution is 5.28. The second-order valence-corrected chi connectivity index (χ2v) is 16.1. The van der Waals surface area contributed by atoms with Gasteiger partial charge in [0.15, 0.2) is 0 Å². The molecule has 0 heterocycles. The zero-order chi connectivity index (χ0) is 28.9. The van der Waals surface area contributed by atoms with Crippen molar-refractivity contribution in [3.8, 4) is 0 Å².